The smallest absolute Gasteiger partial charge is 0.306 e. The lowest BCUT2D eigenvalue weighted by molar-refractivity contribution is -0.167. The van der Waals surface area contributed by atoms with Crippen molar-refractivity contribution >= 4 is 17.9 Å². The number of rotatable bonds is 60. The fourth-order valence-corrected chi connectivity index (χ4v) is 9.44. The molecule has 0 spiro atoms. The van der Waals surface area contributed by atoms with E-state index in [2.05, 4.69) is 106 Å². The van der Waals surface area contributed by atoms with E-state index in [1.165, 1.54) is 180 Å². The summed E-state index contributed by atoms with van der Waals surface area (Å²) in [5.74, 6) is -0.883. The summed E-state index contributed by atoms with van der Waals surface area (Å²) in [4.78, 5) is 38.1. The topological polar surface area (TPSA) is 78.9 Å². The average molecular weight is 1070 g/mol. The number of hydrogen-bond acceptors (Lipinski definition) is 6. The highest BCUT2D eigenvalue weighted by Gasteiger charge is 2.19. The van der Waals surface area contributed by atoms with E-state index >= 15 is 0 Å². The van der Waals surface area contributed by atoms with Crippen LogP contribution in [0.3, 0.4) is 0 Å². The van der Waals surface area contributed by atoms with Crippen LogP contribution in [0.2, 0.25) is 0 Å². The Morgan fingerprint density at radius 1 is 0.273 bits per heavy atom. The molecule has 0 aliphatic carbocycles. The molecule has 0 aliphatic rings. The van der Waals surface area contributed by atoms with E-state index in [9.17, 15) is 14.4 Å². The Bertz CT molecular complexity index is 1470. The van der Waals surface area contributed by atoms with Crippen LogP contribution in [0.1, 0.15) is 329 Å². The molecular weight excluding hydrogens is 949 g/mol. The molecule has 0 fully saturated rings. The quantitative estimate of drug-likeness (QED) is 0.0261. The zero-order chi connectivity index (χ0) is 55.7. The number of carbonyl (C=O) groups excluding carboxylic acids is 3. The van der Waals surface area contributed by atoms with Crippen molar-refractivity contribution in [2.24, 2.45) is 0 Å². The summed E-state index contributed by atoms with van der Waals surface area (Å²) in [5.41, 5.74) is 0. The van der Waals surface area contributed by atoms with Gasteiger partial charge >= 0.3 is 17.9 Å². The maximum Gasteiger partial charge on any atom is 0.306 e. The number of carbonyl (C=O) groups is 3. The Hall–Kier alpha value is -3.41. The van der Waals surface area contributed by atoms with Gasteiger partial charge in [0.25, 0.3) is 0 Å². The molecule has 0 saturated heterocycles. The predicted molar refractivity (Wildman–Crippen MR) is 334 cm³/mol. The average Bonchev–Trinajstić information content (AvgIpc) is 3.43. The van der Waals surface area contributed by atoms with Crippen LogP contribution >= 0.6 is 0 Å². The van der Waals surface area contributed by atoms with Crippen molar-refractivity contribution in [3.63, 3.8) is 0 Å². The molecule has 6 nitrogen and oxygen atoms in total. The summed E-state index contributed by atoms with van der Waals surface area (Å²) in [6.45, 7) is 6.48. The van der Waals surface area contributed by atoms with Gasteiger partial charge in [0, 0.05) is 19.3 Å². The molecule has 0 heterocycles. The van der Waals surface area contributed by atoms with Gasteiger partial charge < -0.3 is 14.2 Å². The van der Waals surface area contributed by atoms with E-state index in [0.29, 0.717) is 19.3 Å². The summed E-state index contributed by atoms with van der Waals surface area (Å²) in [5, 5.41) is 0. The fourth-order valence-electron chi connectivity index (χ4n) is 9.44. The molecule has 0 bridgehead atoms. The van der Waals surface area contributed by atoms with Crippen LogP contribution in [0.4, 0.5) is 0 Å². The first-order valence-electron chi connectivity index (χ1n) is 33.1. The Kier molecular flexibility index (Phi) is 62.2. The van der Waals surface area contributed by atoms with Gasteiger partial charge in [-0.05, 0) is 96.3 Å². The molecule has 0 saturated carbocycles. The van der Waals surface area contributed by atoms with E-state index in [4.69, 9.17) is 14.2 Å². The van der Waals surface area contributed by atoms with Gasteiger partial charge in [-0.15, -0.1) is 0 Å². The first-order chi connectivity index (χ1) is 38.0. The normalized spacial score (nSPS) is 12.6. The molecule has 0 aromatic rings. The van der Waals surface area contributed by atoms with Crippen molar-refractivity contribution in [2.45, 2.75) is 335 Å². The van der Waals surface area contributed by atoms with Gasteiger partial charge in [-0.2, -0.15) is 0 Å². The summed E-state index contributed by atoms with van der Waals surface area (Å²) in [6, 6.07) is 0. The Morgan fingerprint density at radius 2 is 0.506 bits per heavy atom. The van der Waals surface area contributed by atoms with Crippen LogP contribution in [0.15, 0.2) is 85.1 Å². The Morgan fingerprint density at radius 3 is 0.818 bits per heavy atom. The largest absolute Gasteiger partial charge is 0.462 e. The molecule has 1 unspecified atom stereocenters. The number of hydrogen-bond donors (Lipinski definition) is 0. The van der Waals surface area contributed by atoms with Gasteiger partial charge in [0.1, 0.15) is 13.2 Å². The van der Waals surface area contributed by atoms with Crippen molar-refractivity contribution in [2.75, 3.05) is 13.2 Å². The minimum absolute atomic E-state index is 0.0775. The van der Waals surface area contributed by atoms with Crippen molar-refractivity contribution in [3.8, 4) is 0 Å². The second kappa shape index (κ2) is 65.1. The Labute approximate surface area is 477 Å². The molecule has 0 aromatic heterocycles. The SMILES string of the molecule is CC/C=C\C/C=C\C/C=C\C/C=C\CCCCCCCCCCCCCCCCCCCCCCC(=O)OCC(COC(=O)CCCCCCCCC)OC(=O)CCCCCCCC/C=C\C/C=C\C/C=C\CCCCC. The highest BCUT2D eigenvalue weighted by atomic mass is 16.6. The predicted octanol–water partition coefficient (Wildman–Crippen LogP) is 22.7. The van der Waals surface area contributed by atoms with Crippen molar-refractivity contribution in [1.82, 2.24) is 0 Å². The number of unbranched alkanes of at least 4 members (excludes halogenated alkanes) is 35. The minimum Gasteiger partial charge on any atom is -0.462 e. The van der Waals surface area contributed by atoms with Gasteiger partial charge in [0.05, 0.1) is 0 Å². The molecule has 0 aromatic carbocycles. The number of allylic oxidation sites excluding steroid dienone is 14. The first-order valence-corrected chi connectivity index (χ1v) is 33.1. The Balaban J connectivity index is 4.03. The molecule has 444 valence electrons. The molecule has 77 heavy (non-hydrogen) atoms. The fraction of sp³-hybridized carbons (Fsp3) is 0.761. The van der Waals surface area contributed by atoms with Crippen LogP contribution in [-0.4, -0.2) is 37.2 Å². The zero-order valence-electron chi connectivity index (χ0n) is 51.0. The standard InChI is InChI=1S/C71H124O6/c1-4-7-10-13-16-18-20-22-24-26-28-29-30-31-32-33-34-35-36-37-38-39-40-41-43-44-46-48-50-52-55-58-61-64-70(73)76-67-68(66-75-69(72)63-60-57-54-15-12-9-6-3)77-71(74)65-62-59-56-53-51-49-47-45-42-27-25-23-21-19-17-14-11-8-5-2/h7,10,16-19,22-25,28-29,42,45,68H,4-6,8-9,11-15,20-21,26-27,30-41,43-44,46-67H2,1-3H3/b10-7-,18-16-,19-17-,24-22-,25-23-,29-28-,45-42-. The van der Waals surface area contributed by atoms with Crippen LogP contribution in [0.5, 0.6) is 0 Å². The van der Waals surface area contributed by atoms with Crippen molar-refractivity contribution in [3.05, 3.63) is 85.1 Å². The second-order valence-corrected chi connectivity index (χ2v) is 22.0. The highest BCUT2D eigenvalue weighted by Crippen LogP contribution is 2.17. The summed E-state index contributed by atoms with van der Waals surface area (Å²) < 4.78 is 16.8. The maximum absolute atomic E-state index is 12.8. The highest BCUT2D eigenvalue weighted by molar-refractivity contribution is 5.71. The molecule has 1 atom stereocenters. The van der Waals surface area contributed by atoms with Crippen molar-refractivity contribution < 1.29 is 28.6 Å². The van der Waals surface area contributed by atoms with E-state index in [1.807, 2.05) is 0 Å². The lowest BCUT2D eigenvalue weighted by Gasteiger charge is -2.18. The van der Waals surface area contributed by atoms with Crippen LogP contribution < -0.4 is 0 Å². The van der Waals surface area contributed by atoms with Gasteiger partial charge in [-0.1, -0.05) is 298 Å². The van der Waals surface area contributed by atoms with Crippen molar-refractivity contribution in [1.29, 1.82) is 0 Å². The molecule has 0 aliphatic heterocycles. The van der Waals surface area contributed by atoms with Crippen LogP contribution in [0, 0.1) is 0 Å². The minimum atomic E-state index is -0.779. The molecule has 0 radical (unpaired) electrons. The molecule has 6 heteroatoms. The summed E-state index contributed by atoms with van der Waals surface area (Å²) in [6.07, 6.45) is 86.3. The molecule has 0 amide bonds. The second-order valence-electron chi connectivity index (χ2n) is 22.0. The van der Waals surface area contributed by atoms with Gasteiger partial charge in [0.2, 0.25) is 0 Å². The zero-order valence-corrected chi connectivity index (χ0v) is 51.0. The third-order valence-corrected chi connectivity index (χ3v) is 14.4. The molecule has 0 rings (SSSR count). The van der Waals surface area contributed by atoms with Gasteiger partial charge in [-0.25, -0.2) is 0 Å². The third-order valence-electron chi connectivity index (χ3n) is 14.4. The molecular formula is C71H124O6. The first kappa shape index (κ1) is 73.6. The molecule has 0 N–H and O–H groups in total. The van der Waals surface area contributed by atoms with E-state index in [0.717, 1.165) is 109 Å². The van der Waals surface area contributed by atoms with E-state index < -0.39 is 6.10 Å². The van der Waals surface area contributed by atoms with Crippen LogP contribution in [-0.2, 0) is 28.6 Å². The monoisotopic (exact) mass is 1070 g/mol. The van der Waals surface area contributed by atoms with Gasteiger partial charge in [-0.3, -0.25) is 14.4 Å². The third kappa shape index (κ3) is 63.3. The van der Waals surface area contributed by atoms with Crippen LogP contribution in [0.25, 0.3) is 0 Å². The number of ether oxygens (including phenoxy) is 3. The van der Waals surface area contributed by atoms with E-state index in [-0.39, 0.29) is 31.1 Å². The van der Waals surface area contributed by atoms with E-state index in [1.54, 1.807) is 0 Å². The maximum atomic E-state index is 12.8. The van der Waals surface area contributed by atoms with Gasteiger partial charge in [0.15, 0.2) is 6.10 Å². The lowest BCUT2D eigenvalue weighted by Crippen LogP contribution is -2.30. The summed E-state index contributed by atoms with van der Waals surface area (Å²) in [7, 11) is 0. The number of esters is 3. The summed E-state index contributed by atoms with van der Waals surface area (Å²) >= 11 is 0. The lowest BCUT2D eigenvalue weighted by atomic mass is 10.0.